The number of rotatable bonds is 45. The molecule has 3 N–H and O–H groups in total. The fourth-order valence-corrected chi connectivity index (χ4v) is 7.51. The Morgan fingerprint density at radius 3 is 1.31 bits per heavy atom. The summed E-state index contributed by atoms with van der Waals surface area (Å²) in [5, 5.41) is 23.2. The van der Waals surface area contributed by atoms with Crippen LogP contribution in [0.5, 0.6) is 0 Å². The lowest BCUT2D eigenvalue weighted by atomic mass is 10.0. The first kappa shape index (κ1) is 53.6. The lowest BCUT2D eigenvalue weighted by Gasteiger charge is -2.22. The summed E-state index contributed by atoms with van der Waals surface area (Å²) in [6.07, 6.45) is 50.2. The molecule has 0 radical (unpaired) electrons. The van der Waals surface area contributed by atoms with E-state index in [9.17, 15) is 19.8 Å². The van der Waals surface area contributed by atoms with Crippen LogP contribution in [0, 0.1) is 0 Å². The molecular formula is C49H95NO5. The minimum atomic E-state index is -0.673. The molecule has 0 bridgehead atoms. The average molecular weight is 778 g/mol. The number of aliphatic hydroxyl groups is 2. The number of esters is 1. The average Bonchev–Trinajstić information content (AvgIpc) is 3.18. The van der Waals surface area contributed by atoms with E-state index in [2.05, 4.69) is 31.3 Å². The Morgan fingerprint density at radius 2 is 0.855 bits per heavy atom. The van der Waals surface area contributed by atoms with Crippen LogP contribution >= 0.6 is 0 Å². The van der Waals surface area contributed by atoms with E-state index in [4.69, 9.17) is 4.74 Å². The van der Waals surface area contributed by atoms with Crippen LogP contribution < -0.4 is 5.32 Å². The molecule has 0 fully saturated rings. The highest BCUT2D eigenvalue weighted by atomic mass is 16.5. The number of hydrogen-bond donors (Lipinski definition) is 3. The monoisotopic (exact) mass is 778 g/mol. The van der Waals surface area contributed by atoms with Gasteiger partial charge in [-0.3, -0.25) is 9.59 Å². The van der Waals surface area contributed by atoms with E-state index in [0.717, 1.165) is 57.8 Å². The van der Waals surface area contributed by atoms with E-state index in [0.29, 0.717) is 25.9 Å². The van der Waals surface area contributed by atoms with Gasteiger partial charge >= 0.3 is 5.97 Å². The van der Waals surface area contributed by atoms with Gasteiger partial charge in [-0.2, -0.15) is 0 Å². The fourth-order valence-electron chi connectivity index (χ4n) is 7.51. The molecular weight excluding hydrogens is 683 g/mol. The summed E-state index contributed by atoms with van der Waals surface area (Å²) in [7, 11) is 0. The van der Waals surface area contributed by atoms with Crippen LogP contribution in [0.15, 0.2) is 12.2 Å². The second-order valence-corrected chi connectivity index (χ2v) is 16.8. The second-order valence-electron chi connectivity index (χ2n) is 16.8. The first-order valence-corrected chi connectivity index (χ1v) is 24.4. The molecule has 0 aromatic heterocycles. The lowest BCUT2D eigenvalue weighted by Crippen LogP contribution is -2.45. The van der Waals surface area contributed by atoms with Gasteiger partial charge in [-0.25, -0.2) is 0 Å². The highest BCUT2D eigenvalue weighted by molar-refractivity contribution is 5.76. The fraction of sp³-hybridized carbons (Fsp3) is 0.918. The van der Waals surface area contributed by atoms with Crippen molar-refractivity contribution in [1.82, 2.24) is 5.32 Å². The van der Waals surface area contributed by atoms with E-state index in [1.54, 1.807) is 0 Å². The van der Waals surface area contributed by atoms with Gasteiger partial charge in [0, 0.05) is 12.8 Å². The summed E-state index contributed by atoms with van der Waals surface area (Å²) in [5.74, 6) is -0.0694. The van der Waals surface area contributed by atoms with Gasteiger partial charge in [0.15, 0.2) is 0 Å². The molecule has 6 heteroatoms. The first-order valence-electron chi connectivity index (χ1n) is 24.4. The summed E-state index contributed by atoms with van der Waals surface area (Å²) >= 11 is 0. The number of aliphatic hydroxyl groups excluding tert-OH is 2. The maximum absolute atomic E-state index is 12.4. The van der Waals surface area contributed by atoms with Crippen LogP contribution in [-0.2, 0) is 14.3 Å². The molecule has 0 saturated carbocycles. The first-order chi connectivity index (χ1) is 27.0. The number of unbranched alkanes of at least 4 members (excludes halogenated alkanes) is 32. The topological polar surface area (TPSA) is 95.9 Å². The van der Waals surface area contributed by atoms with Crippen molar-refractivity contribution in [2.75, 3.05) is 13.2 Å². The molecule has 0 aliphatic rings. The van der Waals surface area contributed by atoms with Crippen LogP contribution in [0.1, 0.15) is 264 Å². The van der Waals surface area contributed by atoms with Crippen LogP contribution in [0.25, 0.3) is 0 Å². The van der Waals surface area contributed by atoms with Crippen molar-refractivity contribution in [3.63, 3.8) is 0 Å². The molecule has 1 amide bonds. The van der Waals surface area contributed by atoms with Crippen LogP contribution in [0.4, 0.5) is 0 Å². The molecule has 0 aliphatic carbocycles. The van der Waals surface area contributed by atoms with Crippen molar-refractivity contribution in [2.45, 2.75) is 276 Å². The van der Waals surface area contributed by atoms with Gasteiger partial charge in [0.2, 0.25) is 5.91 Å². The predicted octanol–water partition coefficient (Wildman–Crippen LogP) is 14.2. The maximum atomic E-state index is 12.4. The van der Waals surface area contributed by atoms with Crippen molar-refractivity contribution >= 4 is 11.9 Å². The third-order valence-corrected chi connectivity index (χ3v) is 11.3. The van der Waals surface area contributed by atoms with Crippen molar-refractivity contribution < 1.29 is 24.5 Å². The number of allylic oxidation sites excluding steroid dienone is 2. The SMILES string of the molecule is CCCCCC/C=C\CCCCCCCC(=O)OCCCCCCCCCCCCCCC(=O)NC(CO)C(O)CCCCCCCCCCCCCCC. The Balaban J connectivity index is 3.46. The van der Waals surface area contributed by atoms with Crippen LogP contribution in [0.2, 0.25) is 0 Å². The molecule has 0 aliphatic heterocycles. The largest absolute Gasteiger partial charge is 0.466 e. The molecule has 2 atom stereocenters. The zero-order valence-electron chi connectivity index (χ0n) is 36.9. The Hall–Kier alpha value is -1.40. The minimum Gasteiger partial charge on any atom is -0.466 e. The number of nitrogens with one attached hydrogen (secondary N) is 1. The van der Waals surface area contributed by atoms with Gasteiger partial charge < -0.3 is 20.3 Å². The Bertz CT molecular complexity index is 817. The molecule has 2 unspecified atom stereocenters. The normalized spacial score (nSPS) is 12.7. The standard InChI is InChI=1S/C49H95NO5/c1-3-5-7-9-11-13-15-17-21-25-29-33-37-41-47(52)46(45-51)50-48(53)42-38-34-30-26-22-19-20-24-28-32-36-40-44-55-49(54)43-39-35-31-27-23-18-16-14-12-10-8-6-4-2/h14,16,46-47,51-52H,3-13,15,17-45H2,1-2H3,(H,50,53)/b16-14-. The number of carbonyl (C=O) groups is 2. The third kappa shape index (κ3) is 42.0. The predicted molar refractivity (Wildman–Crippen MR) is 237 cm³/mol. The van der Waals surface area contributed by atoms with Crippen molar-refractivity contribution in [3.05, 3.63) is 12.2 Å². The van der Waals surface area contributed by atoms with E-state index in [1.807, 2.05) is 0 Å². The summed E-state index contributed by atoms with van der Waals surface area (Å²) < 4.78 is 5.44. The van der Waals surface area contributed by atoms with E-state index < -0.39 is 12.1 Å². The molecule has 0 rings (SSSR count). The molecule has 0 saturated heterocycles. The Morgan fingerprint density at radius 1 is 0.491 bits per heavy atom. The van der Waals surface area contributed by atoms with E-state index in [1.165, 1.54) is 173 Å². The molecule has 326 valence electrons. The van der Waals surface area contributed by atoms with Crippen molar-refractivity contribution in [1.29, 1.82) is 0 Å². The Labute approximate surface area is 342 Å². The van der Waals surface area contributed by atoms with E-state index in [-0.39, 0.29) is 18.5 Å². The molecule has 0 aromatic rings. The van der Waals surface area contributed by atoms with Gasteiger partial charge in [-0.1, -0.05) is 212 Å². The minimum absolute atomic E-state index is 0.0185. The zero-order valence-corrected chi connectivity index (χ0v) is 36.9. The number of ether oxygens (including phenoxy) is 1. The highest BCUT2D eigenvalue weighted by Crippen LogP contribution is 2.16. The molecule has 55 heavy (non-hydrogen) atoms. The van der Waals surface area contributed by atoms with Gasteiger partial charge in [-0.15, -0.1) is 0 Å². The molecule has 0 spiro atoms. The molecule has 0 heterocycles. The summed E-state index contributed by atoms with van der Waals surface area (Å²) in [4.78, 5) is 24.4. The smallest absolute Gasteiger partial charge is 0.305 e. The number of hydrogen-bond acceptors (Lipinski definition) is 5. The van der Waals surface area contributed by atoms with Gasteiger partial charge in [-0.05, 0) is 51.4 Å². The van der Waals surface area contributed by atoms with Crippen LogP contribution in [0.3, 0.4) is 0 Å². The van der Waals surface area contributed by atoms with Crippen LogP contribution in [-0.4, -0.2) is 47.4 Å². The summed E-state index contributed by atoms with van der Waals surface area (Å²) in [6, 6.07) is -0.551. The summed E-state index contributed by atoms with van der Waals surface area (Å²) in [6.45, 7) is 4.90. The third-order valence-electron chi connectivity index (χ3n) is 11.3. The van der Waals surface area contributed by atoms with Gasteiger partial charge in [0.1, 0.15) is 0 Å². The molecule has 6 nitrogen and oxygen atoms in total. The highest BCUT2D eigenvalue weighted by Gasteiger charge is 2.20. The lowest BCUT2D eigenvalue weighted by molar-refractivity contribution is -0.143. The quantitative estimate of drug-likeness (QED) is 0.0325. The van der Waals surface area contributed by atoms with Crippen molar-refractivity contribution in [3.8, 4) is 0 Å². The van der Waals surface area contributed by atoms with E-state index >= 15 is 0 Å². The van der Waals surface area contributed by atoms with Crippen molar-refractivity contribution in [2.24, 2.45) is 0 Å². The van der Waals surface area contributed by atoms with Gasteiger partial charge in [0.25, 0.3) is 0 Å². The molecule has 0 aromatic carbocycles. The maximum Gasteiger partial charge on any atom is 0.305 e. The second kappa shape index (κ2) is 45.3. The Kier molecular flexibility index (Phi) is 44.2. The summed E-state index contributed by atoms with van der Waals surface area (Å²) in [5.41, 5.74) is 0. The number of amides is 1. The van der Waals surface area contributed by atoms with Gasteiger partial charge in [0.05, 0.1) is 25.4 Å². The zero-order chi connectivity index (χ0) is 40.1. The number of carbonyl (C=O) groups excluding carboxylic acids is 2.